The second-order valence-electron chi connectivity index (χ2n) is 7.39. The largest absolute Gasteiger partial charge is 0.343 e. The number of halogens is 1. The zero-order valence-corrected chi connectivity index (χ0v) is 15.5. The summed E-state index contributed by atoms with van der Waals surface area (Å²) < 4.78 is 14.1. The van der Waals surface area contributed by atoms with Crippen LogP contribution in [-0.4, -0.2) is 73.3 Å². The molecule has 0 aromatic heterocycles. The molecule has 1 N–H and O–H groups in total. The molecule has 0 bridgehead atoms. The molecule has 0 saturated carbocycles. The van der Waals surface area contributed by atoms with Crippen LogP contribution in [0.3, 0.4) is 0 Å². The highest BCUT2D eigenvalue weighted by atomic mass is 19.1. The van der Waals surface area contributed by atoms with E-state index in [4.69, 9.17) is 0 Å². The fourth-order valence-electron chi connectivity index (χ4n) is 3.68. The monoisotopic (exact) mass is 362 g/mol. The lowest BCUT2D eigenvalue weighted by Gasteiger charge is -2.33. The first-order valence-electron chi connectivity index (χ1n) is 9.16. The van der Waals surface area contributed by atoms with Crippen molar-refractivity contribution in [2.75, 3.05) is 51.6 Å². The predicted octanol–water partition coefficient (Wildman–Crippen LogP) is 1.30. The van der Waals surface area contributed by atoms with Gasteiger partial charge in [0, 0.05) is 45.0 Å². The molecule has 1 aromatic rings. The standard InChI is InChI=1S/C19H27FN4O2/c1-14-16(12-23-5-7-24(13-25)8-6-23)9-17(20)10-18(14)21-19(26)15-3-4-22(2)11-15/h9-10,13,15H,3-8,11-12H2,1-2H3,(H,21,26). The first-order valence-corrected chi connectivity index (χ1v) is 9.16. The van der Waals surface area contributed by atoms with Crippen LogP contribution in [0.2, 0.25) is 0 Å². The van der Waals surface area contributed by atoms with Crippen LogP contribution >= 0.6 is 0 Å². The summed E-state index contributed by atoms with van der Waals surface area (Å²) in [5, 5.41) is 2.93. The van der Waals surface area contributed by atoms with Gasteiger partial charge in [-0.2, -0.15) is 0 Å². The van der Waals surface area contributed by atoms with Crippen LogP contribution in [0.15, 0.2) is 12.1 Å². The zero-order chi connectivity index (χ0) is 18.7. The molecular weight excluding hydrogens is 335 g/mol. The Labute approximate surface area is 153 Å². The third-order valence-electron chi connectivity index (χ3n) is 5.45. The molecule has 2 saturated heterocycles. The summed E-state index contributed by atoms with van der Waals surface area (Å²) in [5.41, 5.74) is 2.35. The Balaban J connectivity index is 1.68. The Bertz CT molecular complexity index is 674. The Morgan fingerprint density at radius 1 is 1.27 bits per heavy atom. The third kappa shape index (κ3) is 4.40. The Morgan fingerprint density at radius 3 is 2.62 bits per heavy atom. The molecule has 6 nitrogen and oxygen atoms in total. The second kappa shape index (κ2) is 8.14. The van der Waals surface area contributed by atoms with Crippen LogP contribution < -0.4 is 5.32 Å². The highest BCUT2D eigenvalue weighted by Crippen LogP contribution is 2.25. The number of nitrogens with zero attached hydrogens (tertiary/aromatic N) is 3. The zero-order valence-electron chi connectivity index (χ0n) is 15.5. The molecule has 0 spiro atoms. The van der Waals surface area contributed by atoms with Crippen LogP contribution in [-0.2, 0) is 16.1 Å². The molecule has 26 heavy (non-hydrogen) atoms. The van der Waals surface area contributed by atoms with Crippen molar-refractivity contribution in [3.05, 3.63) is 29.1 Å². The molecule has 0 aliphatic carbocycles. The number of hydrogen-bond acceptors (Lipinski definition) is 4. The number of rotatable bonds is 5. The van der Waals surface area contributed by atoms with E-state index in [9.17, 15) is 14.0 Å². The van der Waals surface area contributed by atoms with Crippen molar-refractivity contribution in [3.8, 4) is 0 Å². The number of anilines is 1. The van der Waals surface area contributed by atoms with E-state index in [0.717, 1.165) is 50.1 Å². The van der Waals surface area contributed by atoms with Gasteiger partial charge in [0.2, 0.25) is 12.3 Å². The summed E-state index contributed by atoms with van der Waals surface area (Å²) in [4.78, 5) is 29.4. The van der Waals surface area contributed by atoms with Crippen molar-refractivity contribution in [2.45, 2.75) is 19.9 Å². The molecule has 1 unspecified atom stereocenters. The Hall–Kier alpha value is -1.99. The lowest BCUT2D eigenvalue weighted by atomic mass is 10.0. The van der Waals surface area contributed by atoms with Crippen LogP contribution in [0.5, 0.6) is 0 Å². The van der Waals surface area contributed by atoms with Crippen LogP contribution in [0.1, 0.15) is 17.5 Å². The number of benzene rings is 1. The van der Waals surface area contributed by atoms with Gasteiger partial charge in [0.15, 0.2) is 0 Å². The van der Waals surface area contributed by atoms with E-state index in [2.05, 4.69) is 15.1 Å². The lowest BCUT2D eigenvalue weighted by Crippen LogP contribution is -2.45. The summed E-state index contributed by atoms with van der Waals surface area (Å²) in [5.74, 6) is -0.410. The van der Waals surface area contributed by atoms with E-state index < -0.39 is 0 Å². The minimum Gasteiger partial charge on any atom is -0.343 e. The third-order valence-corrected chi connectivity index (χ3v) is 5.45. The SMILES string of the molecule is Cc1c(CN2CCN(C=O)CC2)cc(F)cc1NC(=O)C1CCN(C)C1. The van der Waals surface area contributed by atoms with Crippen LogP contribution in [0, 0.1) is 18.7 Å². The number of amides is 2. The van der Waals surface area contributed by atoms with Gasteiger partial charge in [-0.25, -0.2) is 4.39 Å². The molecule has 0 radical (unpaired) electrons. The number of carbonyl (C=O) groups excluding carboxylic acids is 2. The second-order valence-corrected chi connectivity index (χ2v) is 7.39. The van der Waals surface area contributed by atoms with Crippen molar-refractivity contribution >= 4 is 18.0 Å². The fraction of sp³-hybridized carbons (Fsp3) is 0.579. The summed E-state index contributed by atoms with van der Waals surface area (Å²) in [7, 11) is 2.00. The maximum Gasteiger partial charge on any atom is 0.228 e. The Kier molecular flexibility index (Phi) is 5.88. The molecule has 1 aromatic carbocycles. The van der Waals surface area contributed by atoms with Crippen molar-refractivity contribution in [1.82, 2.24) is 14.7 Å². The van der Waals surface area contributed by atoms with Gasteiger partial charge in [0.25, 0.3) is 0 Å². The molecule has 142 valence electrons. The molecule has 2 amide bonds. The summed E-state index contributed by atoms with van der Waals surface area (Å²) in [6, 6.07) is 2.94. The summed E-state index contributed by atoms with van der Waals surface area (Å²) in [6.07, 6.45) is 1.71. The molecule has 3 rings (SSSR count). The topological polar surface area (TPSA) is 55.9 Å². The normalized spacial score (nSPS) is 21.8. The van der Waals surface area contributed by atoms with Crippen molar-refractivity contribution < 1.29 is 14.0 Å². The van der Waals surface area contributed by atoms with Gasteiger partial charge in [-0.15, -0.1) is 0 Å². The highest BCUT2D eigenvalue weighted by molar-refractivity contribution is 5.93. The number of carbonyl (C=O) groups is 2. The van der Waals surface area contributed by atoms with Crippen LogP contribution in [0.25, 0.3) is 0 Å². The maximum atomic E-state index is 14.1. The average molecular weight is 362 g/mol. The summed E-state index contributed by atoms with van der Waals surface area (Å²) in [6.45, 7) is 7.12. The minimum absolute atomic E-state index is 0.0337. The molecule has 7 heteroatoms. The van der Waals surface area contributed by atoms with Crippen LogP contribution in [0.4, 0.5) is 10.1 Å². The smallest absolute Gasteiger partial charge is 0.228 e. The molecule has 2 fully saturated rings. The lowest BCUT2D eigenvalue weighted by molar-refractivity contribution is -0.120. The number of hydrogen-bond donors (Lipinski definition) is 1. The highest BCUT2D eigenvalue weighted by Gasteiger charge is 2.27. The van der Waals surface area contributed by atoms with Gasteiger partial charge in [-0.1, -0.05) is 0 Å². The van der Waals surface area contributed by atoms with Gasteiger partial charge >= 0.3 is 0 Å². The van der Waals surface area contributed by atoms with Crippen molar-refractivity contribution in [3.63, 3.8) is 0 Å². The quantitative estimate of drug-likeness (QED) is 0.803. The van der Waals surface area contributed by atoms with E-state index in [1.807, 2.05) is 14.0 Å². The van der Waals surface area contributed by atoms with Gasteiger partial charge in [0.1, 0.15) is 5.82 Å². The van der Waals surface area contributed by atoms with E-state index >= 15 is 0 Å². The summed E-state index contributed by atoms with van der Waals surface area (Å²) >= 11 is 0. The molecule has 2 heterocycles. The van der Waals surface area contributed by atoms with Crippen molar-refractivity contribution in [1.29, 1.82) is 0 Å². The number of likely N-dealkylation sites (tertiary alicyclic amines) is 1. The number of nitrogens with one attached hydrogen (secondary N) is 1. The first kappa shape index (κ1) is 18.8. The van der Waals surface area contributed by atoms with Crippen molar-refractivity contribution in [2.24, 2.45) is 5.92 Å². The van der Waals surface area contributed by atoms with Gasteiger partial charge in [0.05, 0.1) is 5.92 Å². The fourth-order valence-corrected chi connectivity index (χ4v) is 3.68. The van der Waals surface area contributed by atoms with E-state index in [-0.39, 0.29) is 17.6 Å². The van der Waals surface area contributed by atoms with E-state index in [1.54, 1.807) is 11.0 Å². The molecule has 2 aliphatic heterocycles. The Morgan fingerprint density at radius 2 is 2.00 bits per heavy atom. The number of piperazine rings is 1. The minimum atomic E-state index is -0.337. The average Bonchev–Trinajstić information content (AvgIpc) is 3.06. The van der Waals surface area contributed by atoms with Gasteiger partial charge in [-0.05, 0) is 50.2 Å². The molecule has 2 aliphatic rings. The van der Waals surface area contributed by atoms with E-state index in [1.165, 1.54) is 6.07 Å². The predicted molar refractivity (Wildman–Crippen MR) is 98.3 cm³/mol. The molecule has 1 atom stereocenters. The van der Waals surface area contributed by atoms with Gasteiger partial charge in [-0.3, -0.25) is 14.5 Å². The van der Waals surface area contributed by atoms with E-state index in [0.29, 0.717) is 25.3 Å². The first-order chi connectivity index (χ1) is 12.5. The molecular formula is C19H27FN4O2. The maximum absolute atomic E-state index is 14.1. The van der Waals surface area contributed by atoms with Gasteiger partial charge < -0.3 is 15.1 Å².